The summed E-state index contributed by atoms with van der Waals surface area (Å²) in [6.07, 6.45) is -7.39. The summed E-state index contributed by atoms with van der Waals surface area (Å²) in [4.78, 5) is 13.6. The number of rotatable bonds is 4. The molecule has 1 fully saturated rings. The Morgan fingerprint density at radius 3 is 2.52 bits per heavy atom. The highest BCUT2D eigenvalue weighted by Crippen LogP contribution is 2.34. The smallest absolute Gasteiger partial charge is 0.352 e. The molecular weight excluding hydrogens is 338 g/mol. The number of phenols is 1. The molecule has 0 radical (unpaired) electrons. The van der Waals surface area contributed by atoms with Crippen LogP contribution in [0.2, 0.25) is 0 Å². The van der Waals surface area contributed by atoms with Crippen LogP contribution in [0, 0.1) is 0 Å². The van der Waals surface area contributed by atoms with Gasteiger partial charge in [-0.2, -0.15) is 0 Å². The predicted octanol–water partition coefficient (Wildman–Crippen LogP) is -1.25. The fourth-order valence-corrected chi connectivity index (χ4v) is 2.65. The molecule has 3 rings (SSSR count). The number of benzene rings is 1. The Balaban J connectivity index is 1.88. The molecule has 0 bridgehead atoms. The van der Waals surface area contributed by atoms with Gasteiger partial charge in [-0.25, -0.2) is 4.79 Å². The SMILES string of the molecule is O=C(O)c1cc2cc(O[C@@H]3O[C@H](CO)[C@@H](O)[C@H](O)[C@H]3O)c(O)cc2[nH]1. The van der Waals surface area contributed by atoms with E-state index in [1.54, 1.807) is 0 Å². The Bertz CT molecular complexity index is 787. The monoisotopic (exact) mass is 355 g/mol. The van der Waals surface area contributed by atoms with Crippen molar-refractivity contribution in [2.24, 2.45) is 0 Å². The number of aromatic nitrogens is 1. The van der Waals surface area contributed by atoms with E-state index in [0.29, 0.717) is 10.9 Å². The first-order chi connectivity index (χ1) is 11.8. The number of fused-ring (bicyclic) bond motifs is 1. The summed E-state index contributed by atoms with van der Waals surface area (Å²) >= 11 is 0. The van der Waals surface area contributed by atoms with Crippen LogP contribution in [-0.2, 0) is 4.74 Å². The number of phenolic OH excluding ortho intramolecular Hbond substituents is 1. The molecule has 25 heavy (non-hydrogen) atoms. The minimum atomic E-state index is -1.63. The normalized spacial score (nSPS) is 29.7. The second kappa shape index (κ2) is 6.50. The van der Waals surface area contributed by atoms with E-state index in [4.69, 9.17) is 19.7 Å². The summed E-state index contributed by atoms with van der Waals surface area (Å²) in [5.41, 5.74) is 0.274. The number of carbonyl (C=O) groups is 1. The van der Waals surface area contributed by atoms with E-state index >= 15 is 0 Å². The zero-order chi connectivity index (χ0) is 18.3. The first-order valence-electron chi connectivity index (χ1n) is 7.38. The second-order valence-electron chi connectivity index (χ2n) is 5.71. The Morgan fingerprint density at radius 2 is 1.88 bits per heavy atom. The van der Waals surface area contributed by atoms with E-state index in [2.05, 4.69) is 4.98 Å². The maximum absolute atomic E-state index is 11.0. The van der Waals surface area contributed by atoms with Crippen molar-refractivity contribution in [1.29, 1.82) is 0 Å². The number of carboxylic acid groups (broad SMARTS) is 1. The lowest BCUT2D eigenvalue weighted by molar-refractivity contribution is -0.277. The van der Waals surface area contributed by atoms with Crippen molar-refractivity contribution >= 4 is 16.9 Å². The Morgan fingerprint density at radius 1 is 1.16 bits per heavy atom. The van der Waals surface area contributed by atoms with E-state index < -0.39 is 43.3 Å². The fourth-order valence-electron chi connectivity index (χ4n) is 2.65. The van der Waals surface area contributed by atoms with Crippen molar-refractivity contribution in [3.8, 4) is 11.5 Å². The molecule has 1 aliphatic rings. The molecule has 1 aliphatic heterocycles. The zero-order valence-electron chi connectivity index (χ0n) is 12.7. The van der Waals surface area contributed by atoms with Crippen LogP contribution >= 0.6 is 0 Å². The lowest BCUT2D eigenvalue weighted by Gasteiger charge is -2.39. The van der Waals surface area contributed by atoms with Gasteiger partial charge in [-0.3, -0.25) is 0 Å². The summed E-state index contributed by atoms with van der Waals surface area (Å²) < 4.78 is 10.6. The van der Waals surface area contributed by atoms with Crippen LogP contribution in [0.4, 0.5) is 0 Å². The highest BCUT2D eigenvalue weighted by Gasteiger charge is 2.44. The molecule has 10 nitrogen and oxygen atoms in total. The third kappa shape index (κ3) is 3.13. The fraction of sp³-hybridized carbons (Fsp3) is 0.400. The van der Waals surface area contributed by atoms with Crippen LogP contribution in [0.3, 0.4) is 0 Å². The van der Waals surface area contributed by atoms with E-state index in [-0.39, 0.29) is 17.2 Å². The summed E-state index contributed by atoms with van der Waals surface area (Å²) in [6.45, 7) is -0.615. The van der Waals surface area contributed by atoms with Crippen molar-refractivity contribution in [2.75, 3.05) is 6.61 Å². The average Bonchev–Trinajstić information content (AvgIpc) is 2.98. The first kappa shape index (κ1) is 17.5. The van der Waals surface area contributed by atoms with Crippen LogP contribution in [-0.4, -0.2) is 78.9 Å². The van der Waals surface area contributed by atoms with Crippen LogP contribution in [0.5, 0.6) is 11.5 Å². The molecule has 0 aliphatic carbocycles. The van der Waals surface area contributed by atoms with Gasteiger partial charge in [0.25, 0.3) is 0 Å². The quantitative estimate of drug-likeness (QED) is 0.354. The number of carboxylic acids is 1. The lowest BCUT2D eigenvalue weighted by Crippen LogP contribution is -2.60. The number of aromatic carboxylic acids is 1. The summed E-state index contributed by atoms with van der Waals surface area (Å²) in [5, 5.41) is 58.0. The van der Waals surface area contributed by atoms with Crippen molar-refractivity contribution in [3.05, 3.63) is 23.9 Å². The molecule has 7 N–H and O–H groups in total. The van der Waals surface area contributed by atoms with Gasteiger partial charge in [-0.05, 0) is 12.1 Å². The van der Waals surface area contributed by atoms with Crippen molar-refractivity contribution in [2.45, 2.75) is 30.7 Å². The van der Waals surface area contributed by atoms with Crippen LogP contribution in [0.1, 0.15) is 10.5 Å². The molecule has 1 aromatic carbocycles. The van der Waals surface area contributed by atoms with Crippen molar-refractivity contribution in [3.63, 3.8) is 0 Å². The number of nitrogens with one attached hydrogen (secondary N) is 1. The highest BCUT2D eigenvalue weighted by atomic mass is 16.7. The van der Waals surface area contributed by atoms with Gasteiger partial charge in [-0.1, -0.05) is 0 Å². The van der Waals surface area contributed by atoms with Crippen LogP contribution in [0.25, 0.3) is 10.9 Å². The largest absolute Gasteiger partial charge is 0.504 e. The summed E-state index contributed by atoms with van der Waals surface area (Å²) in [6, 6.07) is 3.90. The number of aromatic amines is 1. The number of aliphatic hydroxyl groups is 4. The maximum Gasteiger partial charge on any atom is 0.352 e. The van der Waals surface area contributed by atoms with Gasteiger partial charge in [0.05, 0.1) is 12.1 Å². The standard InChI is InChI=1S/C15H17NO9/c17-4-10-11(19)12(20)13(21)15(25-10)24-9-2-5-1-7(14(22)23)16-6(5)3-8(9)18/h1-3,10-13,15-21H,4H2,(H,22,23)/t10-,11-,12+,13-,15-/m1/s1. The molecule has 1 aromatic heterocycles. The molecule has 2 heterocycles. The minimum Gasteiger partial charge on any atom is -0.504 e. The molecule has 0 spiro atoms. The van der Waals surface area contributed by atoms with E-state index in [9.17, 15) is 25.2 Å². The number of hydrogen-bond donors (Lipinski definition) is 7. The second-order valence-corrected chi connectivity index (χ2v) is 5.71. The molecule has 1 saturated heterocycles. The number of hydrogen-bond acceptors (Lipinski definition) is 8. The van der Waals surface area contributed by atoms with Gasteiger partial charge in [0.2, 0.25) is 6.29 Å². The Hall–Kier alpha value is -2.37. The summed E-state index contributed by atoms with van der Waals surface area (Å²) in [5.74, 6) is -1.66. The topological polar surface area (TPSA) is 173 Å². The van der Waals surface area contributed by atoms with Gasteiger partial charge in [-0.15, -0.1) is 0 Å². The van der Waals surface area contributed by atoms with Gasteiger partial charge in [0, 0.05) is 11.5 Å². The summed E-state index contributed by atoms with van der Waals surface area (Å²) in [7, 11) is 0. The molecule has 5 atom stereocenters. The predicted molar refractivity (Wildman–Crippen MR) is 81.3 cm³/mol. The number of ether oxygens (including phenoxy) is 2. The molecule has 0 amide bonds. The van der Waals surface area contributed by atoms with Gasteiger partial charge >= 0.3 is 5.97 Å². The third-order valence-corrected chi connectivity index (χ3v) is 4.02. The van der Waals surface area contributed by atoms with Crippen LogP contribution < -0.4 is 4.74 Å². The van der Waals surface area contributed by atoms with Crippen molar-refractivity contribution in [1.82, 2.24) is 4.98 Å². The average molecular weight is 355 g/mol. The molecule has 0 unspecified atom stereocenters. The molecule has 10 heteroatoms. The first-order valence-corrected chi connectivity index (χ1v) is 7.38. The van der Waals surface area contributed by atoms with E-state index in [0.717, 1.165) is 0 Å². The maximum atomic E-state index is 11.0. The molecular formula is C15H17NO9. The number of aliphatic hydroxyl groups excluding tert-OH is 4. The third-order valence-electron chi connectivity index (χ3n) is 4.02. The molecule has 136 valence electrons. The van der Waals surface area contributed by atoms with Gasteiger partial charge < -0.3 is 45.1 Å². The van der Waals surface area contributed by atoms with E-state index in [1.165, 1.54) is 18.2 Å². The van der Waals surface area contributed by atoms with E-state index in [1.807, 2.05) is 0 Å². The minimum absolute atomic E-state index is 0.0839. The van der Waals surface area contributed by atoms with Crippen LogP contribution in [0.15, 0.2) is 18.2 Å². The van der Waals surface area contributed by atoms with Gasteiger partial charge in [0.15, 0.2) is 11.5 Å². The van der Waals surface area contributed by atoms with Crippen molar-refractivity contribution < 1.29 is 44.9 Å². The van der Waals surface area contributed by atoms with Gasteiger partial charge in [0.1, 0.15) is 30.1 Å². The number of H-pyrrole nitrogens is 1. The number of aromatic hydroxyl groups is 1. The molecule has 0 saturated carbocycles. The molecule has 2 aromatic rings. The lowest BCUT2D eigenvalue weighted by atomic mass is 9.99. The zero-order valence-corrected chi connectivity index (χ0v) is 12.7. The Labute approximate surface area is 140 Å². The highest BCUT2D eigenvalue weighted by molar-refractivity contribution is 5.94. The Kier molecular flexibility index (Phi) is 4.54.